The van der Waals surface area contributed by atoms with E-state index in [9.17, 15) is 39.2 Å². The number of hydrazine groups is 1. The summed E-state index contributed by atoms with van der Waals surface area (Å²) in [5.74, 6) is -0.508. The van der Waals surface area contributed by atoms with Crippen molar-refractivity contribution in [2.75, 3.05) is 10.9 Å². The summed E-state index contributed by atoms with van der Waals surface area (Å²) in [6.45, 7) is 10.6. The first kappa shape index (κ1) is 24.7. The van der Waals surface area contributed by atoms with Gasteiger partial charge in [0.15, 0.2) is 16.7 Å². The first-order chi connectivity index (χ1) is 17.5. The predicted molar refractivity (Wildman–Crippen MR) is 134 cm³/mol. The Balaban J connectivity index is 2.04. The van der Waals surface area contributed by atoms with Crippen LogP contribution in [0, 0.1) is 34.0 Å². The van der Waals surface area contributed by atoms with Crippen LogP contribution in [0.2, 0.25) is 0 Å². The number of aromatic nitrogens is 1. The molecule has 186 valence electrons. The van der Waals surface area contributed by atoms with Crippen LogP contribution in [0.5, 0.6) is 5.88 Å². The topological polar surface area (TPSA) is 182 Å². The first-order valence-electron chi connectivity index (χ1n) is 10.8. The van der Waals surface area contributed by atoms with Gasteiger partial charge in [0, 0.05) is 12.6 Å². The zero-order valence-corrected chi connectivity index (χ0v) is 19.4. The van der Waals surface area contributed by atoms with Crippen molar-refractivity contribution in [1.82, 2.24) is 4.57 Å². The van der Waals surface area contributed by atoms with Crippen molar-refractivity contribution in [3.05, 3.63) is 113 Å². The third-order valence-electron chi connectivity index (χ3n) is 5.96. The van der Waals surface area contributed by atoms with Crippen LogP contribution >= 0.6 is 0 Å². The summed E-state index contributed by atoms with van der Waals surface area (Å²) in [5, 5.41) is 19.3. The number of hydrogen-bond donors (Lipinski definition) is 3. The summed E-state index contributed by atoms with van der Waals surface area (Å²) in [5.41, 5.74) is -0.821. The van der Waals surface area contributed by atoms with Crippen LogP contribution in [-0.2, 0) is 6.54 Å². The number of non-ortho nitro benzene ring substituents is 1. The monoisotopic (exact) mass is 503 g/mol. The van der Waals surface area contributed by atoms with Gasteiger partial charge in [0.2, 0.25) is 16.5 Å². The molecule has 0 radical (unpaired) electrons. The van der Waals surface area contributed by atoms with Crippen LogP contribution in [0.3, 0.4) is 0 Å². The summed E-state index contributed by atoms with van der Waals surface area (Å²) < 4.78 is 0.986. The lowest BCUT2D eigenvalue weighted by Crippen LogP contribution is -2.30. The van der Waals surface area contributed by atoms with Gasteiger partial charge in [-0.05, 0) is 37.1 Å². The molecular formula is C24H17N5O8. The molecule has 4 rings (SSSR count). The smallest absolute Gasteiger partial charge is 0.281 e. The van der Waals surface area contributed by atoms with Gasteiger partial charge < -0.3 is 5.11 Å². The zero-order chi connectivity index (χ0) is 27.2. The molecule has 0 amide bonds. The highest BCUT2D eigenvalue weighted by Gasteiger charge is 2.24. The molecule has 0 bridgehead atoms. The molecule has 0 saturated heterocycles. The van der Waals surface area contributed by atoms with Crippen molar-refractivity contribution >= 4 is 33.5 Å². The van der Waals surface area contributed by atoms with Gasteiger partial charge in [-0.1, -0.05) is 6.92 Å². The number of rotatable bonds is 6. The van der Waals surface area contributed by atoms with Crippen molar-refractivity contribution in [1.29, 1.82) is 0 Å². The number of pyridine rings is 1. The Labute approximate surface area is 205 Å². The van der Waals surface area contributed by atoms with Crippen molar-refractivity contribution in [3.8, 4) is 5.88 Å². The van der Waals surface area contributed by atoms with Crippen LogP contribution in [-0.4, -0.2) is 14.6 Å². The molecule has 2 aromatic rings. The number of fused-ring (bicyclic) bond motifs is 1. The number of nitro benzene ring substituents is 1. The van der Waals surface area contributed by atoms with Crippen LogP contribution in [0.15, 0.2) is 48.2 Å². The second-order valence-electron chi connectivity index (χ2n) is 8.10. The average molecular weight is 503 g/mol. The van der Waals surface area contributed by atoms with E-state index in [0.29, 0.717) is 6.42 Å². The number of nitrogens with one attached hydrogen (secondary N) is 2. The summed E-state index contributed by atoms with van der Waals surface area (Å²) in [7, 11) is 0. The van der Waals surface area contributed by atoms with Gasteiger partial charge in [0.05, 0.1) is 33.0 Å². The Hall–Kier alpha value is -5.38. The average Bonchev–Trinajstić information content (AvgIpc) is 2.86. The number of nitrogens with zero attached hydrogens (tertiary/aromatic N) is 3. The van der Waals surface area contributed by atoms with E-state index in [0.717, 1.165) is 28.8 Å². The van der Waals surface area contributed by atoms with Crippen LogP contribution in [0.4, 0.5) is 22.7 Å². The number of anilines is 2. The molecule has 13 nitrogen and oxygen atoms in total. The largest absolute Gasteiger partial charge is 0.503 e. The van der Waals surface area contributed by atoms with E-state index in [1.165, 1.54) is 6.92 Å². The number of benzene rings is 1. The number of aromatic hydroxyl groups is 1. The Bertz CT molecular complexity index is 2020. The minimum absolute atomic E-state index is 0.0822. The highest BCUT2D eigenvalue weighted by atomic mass is 16.6. The third kappa shape index (κ3) is 3.67. The summed E-state index contributed by atoms with van der Waals surface area (Å²) in [6, 6.07) is 3.69. The molecular weight excluding hydrogens is 486 g/mol. The van der Waals surface area contributed by atoms with Crippen molar-refractivity contribution in [3.63, 3.8) is 0 Å². The Kier molecular flexibility index (Phi) is 6.02. The lowest BCUT2D eigenvalue weighted by Gasteiger charge is -2.17. The quantitative estimate of drug-likeness (QED) is 0.197. The van der Waals surface area contributed by atoms with E-state index in [-0.39, 0.29) is 29.2 Å². The molecule has 0 aliphatic heterocycles. The molecule has 0 fully saturated rings. The third-order valence-corrected chi connectivity index (χ3v) is 5.96. The molecule has 0 unspecified atom stereocenters. The van der Waals surface area contributed by atoms with Gasteiger partial charge in [0.25, 0.3) is 11.2 Å². The van der Waals surface area contributed by atoms with Gasteiger partial charge >= 0.3 is 0 Å². The fraction of sp³-hybridized carbons (Fsp3) is 0.167. The molecule has 13 heteroatoms. The van der Waals surface area contributed by atoms with Crippen molar-refractivity contribution < 1.29 is 10.0 Å². The Morgan fingerprint density at radius 3 is 2.14 bits per heavy atom. The molecule has 2 aliphatic carbocycles. The van der Waals surface area contributed by atoms with Gasteiger partial charge in [-0.2, -0.15) is 0 Å². The van der Waals surface area contributed by atoms with E-state index >= 15 is 0 Å². The normalized spacial score (nSPS) is 10.9. The van der Waals surface area contributed by atoms with E-state index in [2.05, 4.69) is 15.7 Å². The maximum Gasteiger partial charge on any atom is 0.281 e. The SMILES string of the molecule is [C-]#[N+]c1c(C)c(NNc2ccc([N+](=O)[O-])c3c(=O)c4c(=O)ccc(=O)c=4c(=O)c23)c(=O)n(CCC)c1O. The molecule has 3 N–H and O–H groups in total. The fourth-order valence-corrected chi connectivity index (χ4v) is 4.23. The van der Waals surface area contributed by atoms with Crippen LogP contribution < -0.4 is 38.1 Å². The van der Waals surface area contributed by atoms with Gasteiger partial charge in [-0.3, -0.25) is 49.5 Å². The van der Waals surface area contributed by atoms with Gasteiger partial charge in [-0.25, -0.2) is 4.85 Å². The zero-order valence-electron chi connectivity index (χ0n) is 19.4. The number of hydrogen-bond acceptors (Lipinski definition) is 10. The van der Waals surface area contributed by atoms with E-state index < -0.39 is 65.0 Å². The van der Waals surface area contributed by atoms with E-state index in [4.69, 9.17) is 6.57 Å². The Morgan fingerprint density at radius 2 is 1.59 bits per heavy atom. The summed E-state index contributed by atoms with van der Waals surface area (Å²) in [6.07, 6.45) is 0.464. The second kappa shape index (κ2) is 9.00. The molecule has 37 heavy (non-hydrogen) atoms. The lowest BCUT2D eigenvalue weighted by molar-refractivity contribution is -0.383. The molecule has 0 spiro atoms. The molecule has 1 aromatic heterocycles. The van der Waals surface area contributed by atoms with Crippen molar-refractivity contribution in [2.24, 2.45) is 0 Å². The van der Waals surface area contributed by atoms with Crippen LogP contribution in [0.1, 0.15) is 18.9 Å². The summed E-state index contributed by atoms with van der Waals surface area (Å²) in [4.78, 5) is 78.2. The van der Waals surface area contributed by atoms with Gasteiger partial charge in [0.1, 0.15) is 11.1 Å². The molecule has 1 heterocycles. The highest BCUT2D eigenvalue weighted by molar-refractivity contribution is 5.99. The minimum Gasteiger partial charge on any atom is -0.503 e. The second-order valence-corrected chi connectivity index (χ2v) is 8.10. The predicted octanol–water partition coefficient (Wildman–Crippen LogP) is 1.36. The number of nitro groups is 1. The van der Waals surface area contributed by atoms with E-state index in [1.54, 1.807) is 6.92 Å². The molecule has 0 atom stereocenters. The first-order valence-corrected chi connectivity index (χ1v) is 10.8. The van der Waals surface area contributed by atoms with Crippen LogP contribution in [0.25, 0.3) is 15.6 Å². The van der Waals surface area contributed by atoms with E-state index in [1.807, 2.05) is 0 Å². The highest BCUT2D eigenvalue weighted by Crippen LogP contribution is 2.33. The lowest BCUT2D eigenvalue weighted by atomic mass is 10.0. The molecule has 0 saturated carbocycles. The molecule has 1 aromatic carbocycles. The van der Waals surface area contributed by atoms with Gasteiger partial charge in [-0.15, -0.1) is 0 Å². The minimum atomic E-state index is -1.15. The maximum atomic E-state index is 13.3. The standard InChI is InChI=1S/C24H17N5O8/c1-4-9-28-23(34)19(25-3)10(2)20(24(28)35)27-26-11-5-6-12(29(36)37)16-15(11)21(32)17-13(30)7-8-14(31)18(17)22(16)33/h5-8,26-27,34H,4,9H2,1-2H3. The molecule has 2 aliphatic rings. The fourth-order valence-electron chi connectivity index (χ4n) is 4.23. The van der Waals surface area contributed by atoms with Crippen molar-refractivity contribution in [2.45, 2.75) is 26.8 Å². The maximum absolute atomic E-state index is 13.3. The summed E-state index contributed by atoms with van der Waals surface area (Å²) >= 11 is 0. The Morgan fingerprint density at radius 1 is 1.00 bits per heavy atom.